The van der Waals surface area contributed by atoms with Crippen molar-refractivity contribution >= 4 is 29.6 Å². The Balaban J connectivity index is 1.84. The lowest BCUT2D eigenvalue weighted by Gasteiger charge is -2.24. The lowest BCUT2D eigenvalue weighted by Crippen LogP contribution is -2.42. The van der Waals surface area contributed by atoms with Crippen LogP contribution in [0.5, 0.6) is 0 Å². The summed E-state index contributed by atoms with van der Waals surface area (Å²) in [7, 11) is 0. The predicted molar refractivity (Wildman–Crippen MR) is 97.8 cm³/mol. The molecule has 122 valence electrons. The summed E-state index contributed by atoms with van der Waals surface area (Å²) >= 11 is 3.72. The number of hydrogen-bond donors (Lipinski definition) is 1. The summed E-state index contributed by atoms with van der Waals surface area (Å²) in [6, 6.07) is 8.46. The maximum atomic E-state index is 12.4. The minimum Gasteiger partial charge on any atom is -0.334 e. The van der Waals surface area contributed by atoms with Crippen LogP contribution in [-0.2, 0) is 6.54 Å². The van der Waals surface area contributed by atoms with E-state index in [1.54, 1.807) is 11.8 Å². The summed E-state index contributed by atoms with van der Waals surface area (Å²) in [4.78, 5) is 15.6. The van der Waals surface area contributed by atoms with Crippen molar-refractivity contribution in [2.45, 2.75) is 42.9 Å². The molecular formula is C17H26N2OS2. The summed E-state index contributed by atoms with van der Waals surface area (Å²) in [5, 5.41) is 3.66. The fraction of sp³-hybridized carbons (Fsp3) is 0.588. The molecule has 1 fully saturated rings. The lowest BCUT2D eigenvalue weighted by molar-refractivity contribution is 0.200. The highest BCUT2D eigenvalue weighted by Crippen LogP contribution is 2.22. The van der Waals surface area contributed by atoms with Crippen molar-refractivity contribution in [1.29, 1.82) is 0 Å². The smallest absolute Gasteiger partial charge is 0.317 e. The summed E-state index contributed by atoms with van der Waals surface area (Å²) in [6.07, 6.45) is 5.66. The fourth-order valence-corrected chi connectivity index (χ4v) is 4.19. The number of nitrogens with zero attached hydrogens (tertiary/aromatic N) is 1. The van der Waals surface area contributed by atoms with Crippen LogP contribution in [0.25, 0.3) is 0 Å². The van der Waals surface area contributed by atoms with Crippen molar-refractivity contribution in [3.8, 4) is 0 Å². The van der Waals surface area contributed by atoms with Gasteiger partial charge in [0.1, 0.15) is 0 Å². The van der Waals surface area contributed by atoms with E-state index >= 15 is 0 Å². The highest BCUT2D eigenvalue weighted by Gasteiger charge is 2.21. The minimum atomic E-state index is 0.0811. The molecule has 0 aliphatic carbocycles. The zero-order valence-electron chi connectivity index (χ0n) is 13.5. The first-order valence-electron chi connectivity index (χ1n) is 8.00. The lowest BCUT2D eigenvalue weighted by atomic mass is 10.2. The van der Waals surface area contributed by atoms with Crippen molar-refractivity contribution in [2.24, 2.45) is 0 Å². The topological polar surface area (TPSA) is 32.3 Å². The third kappa shape index (κ3) is 5.43. The molecule has 0 aromatic heterocycles. The molecule has 22 heavy (non-hydrogen) atoms. The number of carbonyl (C=O) groups is 1. The molecule has 2 rings (SSSR count). The van der Waals surface area contributed by atoms with E-state index < -0.39 is 0 Å². The number of nitrogens with one attached hydrogen (secondary N) is 1. The molecule has 1 aromatic rings. The van der Waals surface area contributed by atoms with Gasteiger partial charge in [0, 0.05) is 29.8 Å². The van der Waals surface area contributed by atoms with Crippen LogP contribution in [0.1, 0.15) is 31.7 Å². The second-order valence-corrected chi connectivity index (χ2v) is 7.98. The zero-order valence-corrected chi connectivity index (χ0v) is 15.1. The van der Waals surface area contributed by atoms with E-state index in [4.69, 9.17) is 0 Å². The van der Waals surface area contributed by atoms with Gasteiger partial charge < -0.3 is 10.2 Å². The molecule has 1 N–H and O–H groups in total. The molecular weight excluding hydrogens is 312 g/mol. The van der Waals surface area contributed by atoms with E-state index in [1.807, 2.05) is 16.7 Å². The molecule has 2 amide bonds. The highest BCUT2D eigenvalue weighted by atomic mass is 32.2. The van der Waals surface area contributed by atoms with Crippen molar-refractivity contribution in [1.82, 2.24) is 10.2 Å². The Bertz CT molecular complexity index is 464. The first-order valence-corrected chi connectivity index (χ1v) is 10.3. The Kier molecular flexibility index (Phi) is 7.46. The van der Waals surface area contributed by atoms with Gasteiger partial charge in [-0.3, -0.25) is 0 Å². The van der Waals surface area contributed by atoms with Crippen LogP contribution in [0.2, 0.25) is 0 Å². The van der Waals surface area contributed by atoms with Crippen LogP contribution < -0.4 is 5.32 Å². The van der Waals surface area contributed by atoms with E-state index in [2.05, 4.69) is 42.8 Å². The van der Waals surface area contributed by atoms with Gasteiger partial charge in [0.05, 0.1) is 0 Å². The molecule has 0 bridgehead atoms. The SMILES string of the molecule is CCSC1CCCCN(C(=O)NCc2ccc(SC)cc2)C1. The van der Waals surface area contributed by atoms with Gasteiger partial charge in [0.25, 0.3) is 0 Å². The number of thioether (sulfide) groups is 2. The standard InChI is InChI=1S/C17H26N2OS2/c1-3-22-16-6-4-5-11-19(13-16)17(20)18-12-14-7-9-15(21-2)10-8-14/h7-10,16H,3-6,11-13H2,1-2H3,(H,18,20). The van der Waals surface area contributed by atoms with Crippen LogP contribution in [-0.4, -0.2) is 41.3 Å². The number of rotatable bonds is 5. The molecule has 1 unspecified atom stereocenters. The van der Waals surface area contributed by atoms with Crippen LogP contribution in [0.3, 0.4) is 0 Å². The van der Waals surface area contributed by atoms with Gasteiger partial charge in [-0.25, -0.2) is 4.79 Å². The third-order valence-corrected chi connectivity index (χ3v) is 5.85. The van der Waals surface area contributed by atoms with Crippen molar-refractivity contribution < 1.29 is 4.79 Å². The Morgan fingerprint density at radius 3 is 2.77 bits per heavy atom. The highest BCUT2D eigenvalue weighted by molar-refractivity contribution is 7.99. The van der Waals surface area contributed by atoms with Crippen molar-refractivity contribution in [3.05, 3.63) is 29.8 Å². The second-order valence-electron chi connectivity index (χ2n) is 5.53. The van der Waals surface area contributed by atoms with E-state index in [-0.39, 0.29) is 6.03 Å². The van der Waals surface area contributed by atoms with Gasteiger partial charge in [-0.05, 0) is 42.5 Å². The molecule has 1 aliphatic heterocycles. The predicted octanol–water partition coefficient (Wildman–Crippen LogP) is 4.23. The summed E-state index contributed by atoms with van der Waals surface area (Å²) in [5.74, 6) is 1.13. The molecule has 1 heterocycles. The van der Waals surface area contributed by atoms with E-state index in [0.29, 0.717) is 11.8 Å². The van der Waals surface area contributed by atoms with E-state index in [0.717, 1.165) is 30.8 Å². The van der Waals surface area contributed by atoms with E-state index in [9.17, 15) is 4.79 Å². The van der Waals surface area contributed by atoms with Crippen LogP contribution >= 0.6 is 23.5 Å². The maximum absolute atomic E-state index is 12.4. The van der Waals surface area contributed by atoms with Gasteiger partial charge in [0.2, 0.25) is 0 Å². The summed E-state index contributed by atoms with van der Waals surface area (Å²) in [6.45, 7) is 4.57. The first-order chi connectivity index (χ1) is 10.7. The first kappa shape index (κ1) is 17.5. The van der Waals surface area contributed by atoms with Crippen molar-refractivity contribution in [2.75, 3.05) is 25.1 Å². The largest absolute Gasteiger partial charge is 0.334 e. The zero-order chi connectivity index (χ0) is 15.8. The molecule has 0 spiro atoms. The van der Waals surface area contributed by atoms with Gasteiger partial charge >= 0.3 is 6.03 Å². The van der Waals surface area contributed by atoms with Crippen LogP contribution in [0.4, 0.5) is 4.79 Å². The number of benzene rings is 1. The Morgan fingerprint density at radius 2 is 2.09 bits per heavy atom. The molecule has 1 saturated heterocycles. The molecule has 1 aromatic carbocycles. The number of likely N-dealkylation sites (tertiary alicyclic amines) is 1. The van der Waals surface area contributed by atoms with Crippen LogP contribution in [0, 0.1) is 0 Å². The number of urea groups is 1. The monoisotopic (exact) mass is 338 g/mol. The third-order valence-electron chi connectivity index (χ3n) is 3.92. The summed E-state index contributed by atoms with van der Waals surface area (Å²) < 4.78 is 0. The van der Waals surface area contributed by atoms with Gasteiger partial charge in [-0.2, -0.15) is 11.8 Å². The fourth-order valence-electron chi connectivity index (χ4n) is 2.69. The maximum Gasteiger partial charge on any atom is 0.317 e. The molecule has 0 saturated carbocycles. The van der Waals surface area contributed by atoms with E-state index in [1.165, 1.54) is 17.7 Å². The van der Waals surface area contributed by atoms with Gasteiger partial charge in [-0.1, -0.05) is 25.5 Å². The molecule has 0 radical (unpaired) electrons. The number of hydrogen-bond acceptors (Lipinski definition) is 3. The van der Waals surface area contributed by atoms with Gasteiger partial charge in [0.15, 0.2) is 0 Å². The van der Waals surface area contributed by atoms with Gasteiger partial charge in [-0.15, -0.1) is 11.8 Å². The average molecular weight is 339 g/mol. The molecule has 3 nitrogen and oxygen atoms in total. The quantitative estimate of drug-likeness (QED) is 0.816. The Hall–Kier alpha value is -0.810. The Labute approximate surface area is 142 Å². The Morgan fingerprint density at radius 1 is 1.32 bits per heavy atom. The molecule has 1 atom stereocenters. The number of carbonyl (C=O) groups excluding carboxylic acids is 1. The molecule has 5 heteroatoms. The normalized spacial score (nSPS) is 18.8. The molecule has 1 aliphatic rings. The van der Waals surface area contributed by atoms with Crippen molar-refractivity contribution in [3.63, 3.8) is 0 Å². The second kappa shape index (κ2) is 9.36. The average Bonchev–Trinajstić information content (AvgIpc) is 2.79. The number of amides is 2. The summed E-state index contributed by atoms with van der Waals surface area (Å²) in [5.41, 5.74) is 1.15. The van der Waals surface area contributed by atoms with Crippen LogP contribution in [0.15, 0.2) is 29.2 Å². The minimum absolute atomic E-state index is 0.0811.